The average molecular weight is 457 g/mol. The third kappa shape index (κ3) is 4.31. The van der Waals surface area contributed by atoms with Crippen molar-refractivity contribution in [2.45, 2.75) is 39.2 Å². The zero-order chi connectivity index (χ0) is 24.5. The van der Waals surface area contributed by atoms with E-state index in [2.05, 4.69) is 25.8 Å². The van der Waals surface area contributed by atoms with Crippen molar-refractivity contribution in [2.24, 2.45) is 0 Å². The molecule has 174 valence electrons. The number of aliphatic hydroxyl groups excluding tert-OH is 1. The highest BCUT2D eigenvalue weighted by Crippen LogP contribution is 2.42. The lowest BCUT2D eigenvalue weighted by Gasteiger charge is -2.26. The number of hydrogen-bond acceptors (Lipinski definition) is 5. The molecule has 1 atom stereocenters. The van der Waals surface area contributed by atoms with Gasteiger partial charge in [-0.1, -0.05) is 39.0 Å². The van der Waals surface area contributed by atoms with Crippen LogP contribution >= 0.6 is 0 Å². The molecule has 0 saturated carbocycles. The summed E-state index contributed by atoms with van der Waals surface area (Å²) in [6.07, 6.45) is 3.23. The molecule has 0 aliphatic carbocycles. The zero-order valence-corrected chi connectivity index (χ0v) is 19.8. The van der Waals surface area contributed by atoms with E-state index in [0.29, 0.717) is 29.2 Å². The van der Waals surface area contributed by atoms with Crippen LogP contribution in [0.1, 0.15) is 50.4 Å². The third-order valence-corrected chi connectivity index (χ3v) is 5.89. The SMILES string of the molecule is CCOc1ccc(/C(O)=C2\C(=O)C(=O)N(c3ccc(C(C)(C)C)cc3)C2c2cccnc2)cc1. The number of benzene rings is 2. The van der Waals surface area contributed by atoms with Crippen molar-refractivity contribution in [1.82, 2.24) is 4.98 Å². The molecule has 1 aliphatic rings. The summed E-state index contributed by atoms with van der Waals surface area (Å²) in [4.78, 5) is 32.1. The summed E-state index contributed by atoms with van der Waals surface area (Å²) >= 11 is 0. The molecule has 3 aromatic rings. The summed E-state index contributed by atoms with van der Waals surface area (Å²) in [6, 6.07) is 17.1. The molecule has 6 nitrogen and oxygen atoms in total. The molecule has 1 amide bonds. The molecule has 0 spiro atoms. The fourth-order valence-corrected chi connectivity index (χ4v) is 4.11. The summed E-state index contributed by atoms with van der Waals surface area (Å²) in [5.41, 5.74) is 2.73. The van der Waals surface area contributed by atoms with E-state index in [4.69, 9.17) is 4.74 Å². The number of ether oxygens (including phenoxy) is 1. The van der Waals surface area contributed by atoms with Crippen LogP contribution in [0, 0.1) is 0 Å². The summed E-state index contributed by atoms with van der Waals surface area (Å²) < 4.78 is 5.47. The highest BCUT2D eigenvalue weighted by molar-refractivity contribution is 6.51. The number of carbonyl (C=O) groups is 2. The molecule has 6 heteroatoms. The van der Waals surface area contributed by atoms with Crippen LogP contribution in [-0.2, 0) is 15.0 Å². The van der Waals surface area contributed by atoms with Crippen molar-refractivity contribution in [2.75, 3.05) is 11.5 Å². The Balaban J connectivity index is 1.84. The number of Topliss-reactive ketones (excluding diaryl/α,β-unsaturated/α-hetero) is 1. The van der Waals surface area contributed by atoms with Gasteiger partial charge in [0, 0.05) is 23.6 Å². The molecule has 0 radical (unpaired) electrons. The van der Waals surface area contributed by atoms with E-state index in [9.17, 15) is 14.7 Å². The molecule has 0 bridgehead atoms. The minimum absolute atomic E-state index is 0.0297. The Bertz CT molecular complexity index is 1220. The Morgan fingerprint density at radius 3 is 2.26 bits per heavy atom. The molecule has 1 N–H and O–H groups in total. The van der Waals surface area contributed by atoms with Crippen molar-refractivity contribution < 1.29 is 19.4 Å². The second-order valence-corrected chi connectivity index (χ2v) is 9.21. The lowest BCUT2D eigenvalue weighted by Crippen LogP contribution is -2.29. The van der Waals surface area contributed by atoms with Gasteiger partial charge >= 0.3 is 0 Å². The Morgan fingerprint density at radius 2 is 1.71 bits per heavy atom. The van der Waals surface area contributed by atoms with Crippen molar-refractivity contribution in [3.8, 4) is 5.75 Å². The number of anilines is 1. The number of hydrogen-bond donors (Lipinski definition) is 1. The number of rotatable bonds is 5. The minimum atomic E-state index is -0.805. The lowest BCUT2D eigenvalue weighted by atomic mass is 9.87. The Kier molecular flexibility index (Phi) is 6.24. The van der Waals surface area contributed by atoms with Crippen LogP contribution in [-0.4, -0.2) is 28.4 Å². The molecule has 1 aliphatic heterocycles. The monoisotopic (exact) mass is 456 g/mol. The highest BCUT2D eigenvalue weighted by atomic mass is 16.5. The second-order valence-electron chi connectivity index (χ2n) is 9.21. The number of ketones is 1. The standard InChI is InChI=1S/C28H28N2O4/c1-5-34-22-14-8-18(9-15-22)25(31)23-24(19-7-6-16-29-17-19)30(27(33)26(23)32)21-12-10-20(11-13-21)28(2,3)4/h6-17,24,31H,5H2,1-4H3/b25-23+. The predicted octanol–water partition coefficient (Wildman–Crippen LogP) is 5.40. The second kappa shape index (κ2) is 9.14. The first-order chi connectivity index (χ1) is 16.2. The summed E-state index contributed by atoms with van der Waals surface area (Å²) in [6.45, 7) is 8.74. The van der Waals surface area contributed by atoms with Crippen LogP contribution < -0.4 is 9.64 Å². The summed E-state index contributed by atoms with van der Waals surface area (Å²) in [5.74, 6) is -1.00. The van der Waals surface area contributed by atoms with Gasteiger partial charge in [-0.05, 0) is 65.9 Å². The molecule has 1 fully saturated rings. The van der Waals surface area contributed by atoms with Gasteiger partial charge in [0.25, 0.3) is 11.7 Å². The minimum Gasteiger partial charge on any atom is -0.507 e. The van der Waals surface area contributed by atoms with E-state index in [1.165, 1.54) is 4.90 Å². The molecule has 1 unspecified atom stereocenters. The largest absolute Gasteiger partial charge is 0.507 e. The fourth-order valence-electron chi connectivity index (χ4n) is 4.11. The molecule has 1 saturated heterocycles. The van der Waals surface area contributed by atoms with Crippen molar-refractivity contribution in [1.29, 1.82) is 0 Å². The van der Waals surface area contributed by atoms with Gasteiger partial charge in [0.05, 0.1) is 18.2 Å². The maximum Gasteiger partial charge on any atom is 0.300 e. The van der Waals surface area contributed by atoms with Crippen LogP contribution in [0.3, 0.4) is 0 Å². The van der Waals surface area contributed by atoms with Gasteiger partial charge < -0.3 is 9.84 Å². The number of aromatic nitrogens is 1. The lowest BCUT2D eigenvalue weighted by molar-refractivity contribution is -0.132. The number of nitrogens with zero attached hydrogens (tertiary/aromatic N) is 2. The van der Waals surface area contributed by atoms with E-state index in [1.54, 1.807) is 48.8 Å². The molecule has 1 aromatic heterocycles. The number of amides is 1. The first kappa shape index (κ1) is 23.2. The van der Waals surface area contributed by atoms with Crippen LogP contribution in [0.4, 0.5) is 5.69 Å². The normalized spacial score (nSPS) is 17.8. The Labute approximate surface area is 199 Å². The molecule has 34 heavy (non-hydrogen) atoms. The maximum atomic E-state index is 13.2. The van der Waals surface area contributed by atoms with Crippen LogP contribution in [0.5, 0.6) is 5.75 Å². The Morgan fingerprint density at radius 1 is 1.03 bits per heavy atom. The van der Waals surface area contributed by atoms with Gasteiger partial charge in [0.2, 0.25) is 0 Å². The number of pyridine rings is 1. The van der Waals surface area contributed by atoms with Gasteiger partial charge in [0.15, 0.2) is 0 Å². The molecule has 4 rings (SSSR count). The highest BCUT2D eigenvalue weighted by Gasteiger charge is 2.47. The maximum absolute atomic E-state index is 13.2. The van der Waals surface area contributed by atoms with Gasteiger partial charge in [-0.2, -0.15) is 0 Å². The topological polar surface area (TPSA) is 79.7 Å². The number of carbonyl (C=O) groups excluding carboxylic acids is 2. The molecular formula is C28H28N2O4. The third-order valence-electron chi connectivity index (χ3n) is 5.89. The van der Waals surface area contributed by atoms with E-state index in [1.807, 2.05) is 31.2 Å². The van der Waals surface area contributed by atoms with Gasteiger partial charge in [-0.15, -0.1) is 0 Å². The summed E-state index contributed by atoms with van der Waals surface area (Å²) in [5, 5.41) is 11.2. The zero-order valence-electron chi connectivity index (χ0n) is 19.8. The van der Waals surface area contributed by atoms with Crippen molar-refractivity contribution in [3.63, 3.8) is 0 Å². The Hall–Kier alpha value is -3.93. The predicted molar refractivity (Wildman–Crippen MR) is 132 cm³/mol. The molecular weight excluding hydrogens is 428 g/mol. The number of aliphatic hydroxyl groups is 1. The fraction of sp³-hybridized carbons (Fsp3) is 0.250. The summed E-state index contributed by atoms with van der Waals surface area (Å²) in [7, 11) is 0. The van der Waals surface area contributed by atoms with Crippen molar-refractivity contribution >= 4 is 23.1 Å². The average Bonchev–Trinajstić information content (AvgIpc) is 3.10. The van der Waals surface area contributed by atoms with Crippen LogP contribution in [0.15, 0.2) is 78.6 Å². The van der Waals surface area contributed by atoms with E-state index in [0.717, 1.165) is 5.56 Å². The van der Waals surface area contributed by atoms with Crippen molar-refractivity contribution in [3.05, 3.63) is 95.3 Å². The van der Waals surface area contributed by atoms with E-state index in [-0.39, 0.29) is 16.7 Å². The van der Waals surface area contributed by atoms with Gasteiger partial charge in [-0.25, -0.2) is 0 Å². The molecule has 2 heterocycles. The van der Waals surface area contributed by atoms with Crippen LogP contribution in [0.2, 0.25) is 0 Å². The smallest absolute Gasteiger partial charge is 0.300 e. The van der Waals surface area contributed by atoms with E-state index >= 15 is 0 Å². The first-order valence-electron chi connectivity index (χ1n) is 11.3. The van der Waals surface area contributed by atoms with E-state index < -0.39 is 17.7 Å². The van der Waals surface area contributed by atoms with Gasteiger partial charge in [0.1, 0.15) is 11.5 Å². The van der Waals surface area contributed by atoms with Crippen LogP contribution in [0.25, 0.3) is 5.76 Å². The first-order valence-corrected chi connectivity index (χ1v) is 11.3. The van der Waals surface area contributed by atoms with Gasteiger partial charge in [-0.3, -0.25) is 19.5 Å². The molecule has 2 aromatic carbocycles. The quantitative estimate of drug-likeness (QED) is 0.316.